The van der Waals surface area contributed by atoms with Crippen LogP contribution in [-0.2, 0) is 9.53 Å². The van der Waals surface area contributed by atoms with Crippen LogP contribution in [0.3, 0.4) is 0 Å². The number of carbonyl (C=O) groups is 2. The average Bonchev–Trinajstić information content (AvgIpc) is 2.49. The first-order chi connectivity index (χ1) is 9.75. The van der Waals surface area contributed by atoms with E-state index in [0.717, 1.165) is 32.8 Å². The van der Waals surface area contributed by atoms with Gasteiger partial charge in [0.2, 0.25) is 5.91 Å². The highest BCUT2D eigenvalue weighted by atomic mass is 16.5. The summed E-state index contributed by atoms with van der Waals surface area (Å²) < 4.78 is 5.26. The van der Waals surface area contributed by atoms with E-state index in [9.17, 15) is 9.59 Å². The third-order valence-corrected chi connectivity index (χ3v) is 3.27. The number of nitrogens with one attached hydrogen (secondary N) is 1. The van der Waals surface area contributed by atoms with Gasteiger partial charge < -0.3 is 10.1 Å². The molecular weight excluding hydrogens is 256 g/mol. The van der Waals surface area contributed by atoms with E-state index in [2.05, 4.69) is 10.2 Å². The molecule has 5 heteroatoms. The summed E-state index contributed by atoms with van der Waals surface area (Å²) in [4.78, 5) is 25.8. The van der Waals surface area contributed by atoms with Crippen molar-refractivity contribution in [3.8, 4) is 0 Å². The monoisotopic (exact) mass is 276 g/mol. The van der Waals surface area contributed by atoms with E-state index in [4.69, 9.17) is 4.74 Å². The summed E-state index contributed by atoms with van der Waals surface area (Å²) in [6, 6.07) is 8.89. The number of amides is 1. The van der Waals surface area contributed by atoms with E-state index in [-0.39, 0.29) is 18.1 Å². The Bertz CT molecular complexity index is 442. The Hall–Kier alpha value is -1.72. The van der Waals surface area contributed by atoms with Gasteiger partial charge in [0, 0.05) is 31.7 Å². The van der Waals surface area contributed by atoms with Crippen LogP contribution < -0.4 is 5.32 Å². The smallest absolute Gasteiger partial charge is 0.227 e. The van der Waals surface area contributed by atoms with Gasteiger partial charge in [0.25, 0.3) is 0 Å². The van der Waals surface area contributed by atoms with Crippen molar-refractivity contribution < 1.29 is 14.3 Å². The fourth-order valence-electron chi connectivity index (χ4n) is 2.11. The third-order valence-electron chi connectivity index (χ3n) is 3.27. The molecule has 1 heterocycles. The van der Waals surface area contributed by atoms with Gasteiger partial charge in [-0.05, 0) is 0 Å². The van der Waals surface area contributed by atoms with E-state index in [1.165, 1.54) is 0 Å². The Morgan fingerprint density at radius 3 is 2.55 bits per heavy atom. The van der Waals surface area contributed by atoms with E-state index >= 15 is 0 Å². The van der Waals surface area contributed by atoms with Crippen molar-refractivity contribution in [2.75, 3.05) is 39.4 Å². The number of rotatable bonds is 6. The van der Waals surface area contributed by atoms with E-state index in [1.54, 1.807) is 24.3 Å². The van der Waals surface area contributed by atoms with Crippen LogP contribution in [0.5, 0.6) is 0 Å². The maximum atomic E-state index is 11.8. The molecular formula is C15H20N2O3. The van der Waals surface area contributed by atoms with Crippen molar-refractivity contribution >= 4 is 11.7 Å². The highest BCUT2D eigenvalue weighted by Crippen LogP contribution is 2.02. The molecule has 20 heavy (non-hydrogen) atoms. The minimum atomic E-state index is -0.216. The molecule has 0 aromatic heterocycles. The molecule has 0 aliphatic carbocycles. The maximum Gasteiger partial charge on any atom is 0.227 e. The highest BCUT2D eigenvalue weighted by Gasteiger charge is 2.13. The van der Waals surface area contributed by atoms with Crippen molar-refractivity contribution in [3.63, 3.8) is 0 Å². The number of hydrogen-bond donors (Lipinski definition) is 1. The zero-order valence-electron chi connectivity index (χ0n) is 11.5. The Morgan fingerprint density at radius 2 is 1.85 bits per heavy atom. The van der Waals surface area contributed by atoms with Crippen molar-refractivity contribution in [3.05, 3.63) is 35.9 Å². The van der Waals surface area contributed by atoms with Crippen LogP contribution in [0.15, 0.2) is 30.3 Å². The summed E-state index contributed by atoms with van der Waals surface area (Å²) in [6.07, 6.45) is -0.0902. The van der Waals surface area contributed by atoms with E-state index in [1.807, 2.05) is 6.07 Å². The lowest BCUT2D eigenvalue weighted by Gasteiger charge is -2.26. The SMILES string of the molecule is O=C(CC(=O)c1ccccc1)NCCN1CCOCC1. The molecule has 0 unspecified atom stereocenters. The van der Waals surface area contributed by atoms with Crippen LogP contribution in [0.4, 0.5) is 0 Å². The second kappa shape index (κ2) is 7.77. The lowest BCUT2D eigenvalue weighted by molar-refractivity contribution is -0.120. The molecule has 1 aromatic carbocycles. The molecule has 0 saturated carbocycles. The van der Waals surface area contributed by atoms with Crippen LogP contribution in [0, 0.1) is 0 Å². The standard InChI is InChI=1S/C15H20N2O3/c18-14(13-4-2-1-3-5-13)12-15(19)16-6-7-17-8-10-20-11-9-17/h1-5H,6-12H2,(H,16,19). The van der Waals surface area contributed by atoms with Crippen molar-refractivity contribution in [1.82, 2.24) is 10.2 Å². The Kier molecular flexibility index (Phi) is 5.70. The number of morpholine rings is 1. The summed E-state index contributed by atoms with van der Waals surface area (Å²) in [7, 11) is 0. The first-order valence-corrected chi connectivity index (χ1v) is 6.91. The summed E-state index contributed by atoms with van der Waals surface area (Å²) in [5.74, 6) is -0.360. The average molecular weight is 276 g/mol. The zero-order chi connectivity index (χ0) is 14.2. The molecule has 1 N–H and O–H groups in total. The quantitative estimate of drug-likeness (QED) is 0.614. The lowest BCUT2D eigenvalue weighted by atomic mass is 10.1. The molecule has 108 valence electrons. The highest BCUT2D eigenvalue weighted by molar-refractivity contribution is 6.07. The Balaban J connectivity index is 1.66. The van der Waals surface area contributed by atoms with E-state index < -0.39 is 0 Å². The molecule has 1 aromatic rings. The summed E-state index contributed by atoms with van der Waals surface area (Å²) in [6.45, 7) is 4.67. The van der Waals surface area contributed by atoms with Crippen LogP contribution in [-0.4, -0.2) is 56.0 Å². The van der Waals surface area contributed by atoms with Crippen molar-refractivity contribution in [2.24, 2.45) is 0 Å². The number of carbonyl (C=O) groups excluding carboxylic acids is 2. The number of ether oxygens (including phenoxy) is 1. The fraction of sp³-hybridized carbons (Fsp3) is 0.467. The molecule has 1 fully saturated rings. The lowest BCUT2D eigenvalue weighted by Crippen LogP contribution is -2.41. The van der Waals surface area contributed by atoms with Gasteiger partial charge in [-0.2, -0.15) is 0 Å². The molecule has 0 spiro atoms. The van der Waals surface area contributed by atoms with Gasteiger partial charge in [0.05, 0.1) is 19.6 Å². The van der Waals surface area contributed by atoms with Gasteiger partial charge in [-0.25, -0.2) is 0 Å². The van der Waals surface area contributed by atoms with Crippen LogP contribution in [0.1, 0.15) is 16.8 Å². The third kappa shape index (κ3) is 4.75. The maximum absolute atomic E-state index is 11.8. The van der Waals surface area contributed by atoms with Crippen LogP contribution in [0.2, 0.25) is 0 Å². The topological polar surface area (TPSA) is 58.6 Å². The Morgan fingerprint density at radius 1 is 1.15 bits per heavy atom. The van der Waals surface area contributed by atoms with Gasteiger partial charge in [-0.1, -0.05) is 30.3 Å². The van der Waals surface area contributed by atoms with Gasteiger partial charge in [0.1, 0.15) is 0 Å². The fourth-order valence-corrected chi connectivity index (χ4v) is 2.11. The first kappa shape index (κ1) is 14.7. The van der Waals surface area contributed by atoms with Gasteiger partial charge in [-0.3, -0.25) is 14.5 Å². The van der Waals surface area contributed by atoms with Gasteiger partial charge >= 0.3 is 0 Å². The molecule has 0 bridgehead atoms. The molecule has 1 saturated heterocycles. The number of Topliss-reactive ketones (excluding diaryl/α,β-unsaturated/α-hetero) is 1. The molecule has 5 nitrogen and oxygen atoms in total. The zero-order valence-corrected chi connectivity index (χ0v) is 11.5. The van der Waals surface area contributed by atoms with Crippen molar-refractivity contribution in [2.45, 2.75) is 6.42 Å². The molecule has 1 aliphatic rings. The summed E-state index contributed by atoms with van der Waals surface area (Å²) in [5.41, 5.74) is 0.579. The number of ketones is 1. The van der Waals surface area contributed by atoms with Gasteiger partial charge in [0.15, 0.2) is 5.78 Å². The van der Waals surface area contributed by atoms with Crippen LogP contribution >= 0.6 is 0 Å². The summed E-state index contributed by atoms with van der Waals surface area (Å²) >= 11 is 0. The normalized spacial score (nSPS) is 15.8. The molecule has 1 aliphatic heterocycles. The number of hydrogen-bond acceptors (Lipinski definition) is 4. The predicted molar refractivity (Wildman–Crippen MR) is 75.7 cm³/mol. The first-order valence-electron chi connectivity index (χ1n) is 6.91. The predicted octanol–water partition coefficient (Wildman–Crippen LogP) is 0.708. The van der Waals surface area contributed by atoms with Gasteiger partial charge in [-0.15, -0.1) is 0 Å². The largest absolute Gasteiger partial charge is 0.379 e. The molecule has 0 atom stereocenters. The minimum Gasteiger partial charge on any atom is -0.379 e. The number of nitrogens with zero attached hydrogens (tertiary/aromatic N) is 1. The molecule has 1 amide bonds. The summed E-state index contributed by atoms with van der Waals surface area (Å²) in [5, 5.41) is 2.79. The molecule has 0 radical (unpaired) electrons. The second-order valence-corrected chi connectivity index (χ2v) is 4.77. The van der Waals surface area contributed by atoms with E-state index in [0.29, 0.717) is 12.1 Å². The minimum absolute atomic E-state index is 0.0902. The Labute approximate surface area is 118 Å². The molecule has 2 rings (SSSR count). The second-order valence-electron chi connectivity index (χ2n) is 4.77. The van der Waals surface area contributed by atoms with Crippen molar-refractivity contribution in [1.29, 1.82) is 0 Å². The van der Waals surface area contributed by atoms with Crippen LogP contribution in [0.25, 0.3) is 0 Å². The number of benzene rings is 1.